The maximum Gasteiger partial charge on any atom is 0.126 e. The molecule has 4 nitrogen and oxygen atoms in total. The SMILES string of the molecule is Cc1nn(-c2ccccc2)cc1C(=N)N. The molecule has 0 saturated heterocycles. The molecular formula is C11H12N4. The van der Waals surface area contributed by atoms with Crippen LogP contribution in [0.2, 0.25) is 0 Å². The minimum atomic E-state index is 0.0506. The van der Waals surface area contributed by atoms with Gasteiger partial charge in [0.25, 0.3) is 0 Å². The Balaban J connectivity index is 2.48. The molecule has 1 heterocycles. The number of benzene rings is 1. The van der Waals surface area contributed by atoms with Crippen LogP contribution in [0.3, 0.4) is 0 Å². The van der Waals surface area contributed by atoms with Gasteiger partial charge in [-0.25, -0.2) is 4.68 Å². The minimum absolute atomic E-state index is 0.0506. The van der Waals surface area contributed by atoms with Crippen LogP contribution >= 0.6 is 0 Å². The van der Waals surface area contributed by atoms with Gasteiger partial charge < -0.3 is 5.73 Å². The average Bonchev–Trinajstić information content (AvgIpc) is 2.62. The molecule has 3 N–H and O–H groups in total. The average molecular weight is 200 g/mol. The molecule has 1 aromatic heterocycles. The Kier molecular flexibility index (Phi) is 2.25. The molecule has 0 radical (unpaired) electrons. The number of hydrogen-bond donors (Lipinski definition) is 2. The summed E-state index contributed by atoms with van der Waals surface area (Å²) in [5.41, 5.74) is 7.85. The zero-order valence-corrected chi connectivity index (χ0v) is 8.44. The Morgan fingerprint density at radius 2 is 2.00 bits per heavy atom. The number of hydrogen-bond acceptors (Lipinski definition) is 2. The molecule has 0 spiro atoms. The molecular weight excluding hydrogens is 188 g/mol. The Labute approximate surface area is 87.9 Å². The third-order valence-electron chi connectivity index (χ3n) is 2.21. The van der Waals surface area contributed by atoms with Crippen molar-refractivity contribution in [2.24, 2.45) is 5.73 Å². The van der Waals surface area contributed by atoms with Crippen LogP contribution < -0.4 is 5.73 Å². The van der Waals surface area contributed by atoms with Crippen molar-refractivity contribution < 1.29 is 0 Å². The summed E-state index contributed by atoms with van der Waals surface area (Å²) >= 11 is 0. The van der Waals surface area contributed by atoms with Gasteiger partial charge in [0.15, 0.2) is 0 Å². The van der Waals surface area contributed by atoms with Gasteiger partial charge >= 0.3 is 0 Å². The van der Waals surface area contributed by atoms with Crippen molar-refractivity contribution in [3.63, 3.8) is 0 Å². The van der Waals surface area contributed by atoms with Gasteiger partial charge in [-0.15, -0.1) is 0 Å². The Hall–Kier alpha value is -2.10. The monoisotopic (exact) mass is 200 g/mol. The highest BCUT2D eigenvalue weighted by molar-refractivity contribution is 5.95. The van der Waals surface area contributed by atoms with E-state index in [1.54, 1.807) is 10.9 Å². The number of nitrogen functional groups attached to an aromatic ring is 1. The summed E-state index contributed by atoms with van der Waals surface area (Å²) in [7, 11) is 0. The summed E-state index contributed by atoms with van der Waals surface area (Å²) < 4.78 is 1.73. The van der Waals surface area contributed by atoms with E-state index >= 15 is 0 Å². The van der Waals surface area contributed by atoms with E-state index in [1.807, 2.05) is 37.3 Å². The second-order valence-corrected chi connectivity index (χ2v) is 3.32. The second-order valence-electron chi connectivity index (χ2n) is 3.32. The number of nitrogens with two attached hydrogens (primary N) is 1. The molecule has 0 fully saturated rings. The van der Waals surface area contributed by atoms with Gasteiger partial charge in [0.1, 0.15) is 5.84 Å². The molecule has 0 aliphatic rings. The Morgan fingerprint density at radius 3 is 2.53 bits per heavy atom. The highest BCUT2D eigenvalue weighted by Gasteiger charge is 2.07. The molecule has 15 heavy (non-hydrogen) atoms. The van der Waals surface area contributed by atoms with Gasteiger partial charge in [0.2, 0.25) is 0 Å². The van der Waals surface area contributed by atoms with E-state index < -0.39 is 0 Å². The lowest BCUT2D eigenvalue weighted by Crippen LogP contribution is -2.11. The van der Waals surface area contributed by atoms with E-state index in [0.29, 0.717) is 5.56 Å². The first-order chi connectivity index (χ1) is 7.18. The summed E-state index contributed by atoms with van der Waals surface area (Å²) in [4.78, 5) is 0. The zero-order valence-electron chi connectivity index (χ0n) is 8.44. The van der Waals surface area contributed by atoms with Gasteiger partial charge in [-0.3, -0.25) is 5.41 Å². The summed E-state index contributed by atoms with van der Waals surface area (Å²) in [6.07, 6.45) is 1.77. The maximum atomic E-state index is 7.38. The number of para-hydroxylation sites is 1. The predicted octanol–water partition coefficient (Wildman–Crippen LogP) is 1.46. The summed E-state index contributed by atoms with van der Waals surface area (Å²) in [6, 6.07) is 9.75. The van der Waals surface area contributed by atoms with Crippen molar-refractivity contribution in [3.8, 4) is 5.69 Å². The molecule has 4 heteroatoms. The number of rotatable bonds is 2. The molecule has 0 aliphatic carbocycles. The zero-order chi connectivity index (χ0) is 10.8. The number of aryl methyl sites for hydroxylation is 1. The van der Waals surface area contributed by atoms with Gasteiger partial charge in [-0.2, -0.15) is 5.10 Å². The standard InChI is InChI=1S/C11H12N4/c1-8-10(11(12)13)7-15(14-8)9-5-3-2-4-6-9/h2-7H,1H3,(H3,12,13). The summed E-state index contributed by atoms with van der Waals surface area (Å²) in [5, 5.41) is 11.7. The lowest BCUT2D eigenvalue weighted by molar-refractivity contribution is 0.863. The molecule has 0 atom stereocenters. The second kappa shape index (κ2) is 3.57. The largest absolute Gasteiger partial charge is 0.384 e. The fourth-order valence-corrected chi connectivity index (χ4v) is 1.44. The van der Waals surface area contributed by atoms with Crippen molar-refractivity contribution in [1.82, 2.24) is 9.78 Å². The van der Waals surface area contributed by atoms with Crippen LogP contribution in [0, 0.1) is 12.3 Å². The number of amidine groups is 1. The van der Waals surface area contributed by atoms with Crippen molar-refractivity contribution >= 4 is 5.84 Å². The normalized spacial score (nSPS) is 10.2. The van der Waals surface area contributed by atoms with Crippen LogP contribution in [-0.2, 0) is 0 Å². The quantitative estimate of drug-likeness (QED) is 0.569. The molecule has 0 unspecified atom stereocenters. The maximum absolute atomic E-state index is 7.38. The smallest absolute Gasteiger partial charge is 0.126 e. The number of nitrogens with one attached hydrogen (secondary N) is 1. The molecule has 0 amide bonds. The van der Waals surface area contributed by atoms with E-state index in [-0.39, 0.29) is 5.84 Å². The molecule has 0 aliphatic heterocycles. The van der Waals surface area contributed by atoms with Crippen molar-refractivity contribution in [2.75, 3.05) is 0 Å². The van der Waals surface area contributed by atoms with Crippen molar-refractivity contribution in [2.45, 2.75) is 6.92 Å². The minimum Gasteiger partial charge on any atom is -0.384 e. The number of nitrogens with zero attached hydrogens (tertiary/aromatic N) is 2. The number of aromatic nitrogens is 2. The van der Waals surface area contributed by atoms with Gasteiger partial charge in [-0.05, 0) is 19.1 Å². The van der Waals surface area contributed by atoms with Crippen LogP contribution in [0.5, 0.6) is 0 Å². The van der Waals surface area contributed by atoms with E-state index in [9.17, 15) is 0 Å². The Morgan fingerprint density at radius 1 is 1.33 bits per heavy atom. The lowest BCUT2D eigenvalue weighted by atomic mass is 10.2. The first-order valence-corrected chi connectivity index (χ1v) is 4.64. The highest BCUT2D eigenvalue weighted by Crippen LogP contribution is 2.10. The third-order valence-corrected chi connectivity index (χ3v) is 2.21. The van der Waals surface area contributed by atoms with Gasteiger partial charge in [0.05, 0.1) is 16.9 Å². The van der Waals surface area contributed by atoms with Crippen LogP contribution in [0.25, 0.3) is 5.69 Å². The van der Waals surface area contributed by atoms with Crippen LogP contribution in [-0.4, -0.2) is 15.6 Å². The Bertz CT molecular complexity index is 485. The van der Waals surface area contributed by atoms with Gasteiger partial charge in [-0.1, -0.05) is 18.2 Å². The fraction of sp³-hybridized carbons (Fsp3) is 0.0909. The van der Waals surface area contributed by atoms with Crippen molar-refractivity contribution in [1.29, 1.82) is 5.41 Å². The highest BCUT2D eigenvalue weighted by atomic mass is 15.3. The topological polar surface area (TPSA) is 67.7 Å². The predicted molar refractivity (Wildman–Crippen MR) is 59.3 cm³/mol. The fourth-order valence-electron chi connectivity index (χ4n) is 1.44. The van der Waals surface area contributed by atoms with Crippen molar-refractivity contribution in [3.05, 3.63) is 47.8 Å². The lowest BCUT2D eigenvalue weighted by Gasteiger charge is -1.98. The molecule has 2 rings (SSSR count). The first kappa shape index (κ1) is 9.45. The molecule has 2 aromatic rings. The van der Waals surface area contributed by atoms with Crippen LogP contribution in [0.4, 0.5) is 0 Å². The van der Waals surface area contributed by atoms with E-state index in [0.717, 1.165) is 11.4 Å². The van der Waals surface area contributed by atoms with Gasteiger partial charge in [0, 0.05) is 6.20 Å². The first-order valence-electron chi connectivity index (χ1n) is 4.64. The molecule has 76 valence electrons. The van der Waals surface area contributed by atoms with E-state index in [1.165, 1.54) is 0 Å². The molecule has 0 saturated carbocycles. The summed E-state index contributed by atoms with van der Waals surface area (Å²) in [5.74, 6) is 0.0506. The molecule has 0 bridgehead atoms. The van der Waals surface area contributed by atoms with E-state index in [4.69, 9.17) is 11.1 Å². The summed E-state index contributed by atoms with van der Waals surface area (Å²) in [6.45, 7) is 1.84. The molecule has 1 aromatic carbocycles. The van der Waals surface area contributed by atoms with Crippen LogP contribution in [0.1, 0.15) is 11.3 Å². The third kappa shape index (κ3) is 1.74. The van der Waals surface area contributed by atoms with E-state index in [2.05, 4.69) is 5.10 Å². The van der Waals surface area contributed by atoms with Crippen LogP contribution in [0.15, 0.2) is 36.5 Å².